The fourth-order valence-electron chi connectivity index (χ4n) is 1.96. The first-order valence-corrected chi connectivity index (χ1v) is 5.56. The summed E-state index contributed by atoms with van der Waals surface area (Å²) in [5.41, 5.74) is 2.78. The van der Waals surface area contributed by atoms with Crippen molar-refractivity contribution in [3.8, 4) is 11.5 Å². The van der Waals surface area contributed by atoms with E-state index in [2.05, 4.69) is 4.98 Å². The van der Waals surface area contributed by atoms with Crippen LogP contribution in [0.2, 0.25) is 0 Å². The highest BCUT2D eigenvalue weighted by atomic mass is 16.4. The maximum Gasteiger partial charge on any atom is 0.352 e. The second-order valence-electron chi connectivity index (χ2n) is 4.24. The van der Waals surface area contributed by atoms with Gasteiger partial charge in [0.1, 0.15) is 11.3 Å². The van der Waals surface area contributed by atoms with Crippen molar-refractivity contribution in [1.29, 1.82) is 0 Å². The van der Waals surface area contributed by atoms with Crippen LogP contribution < -0.4 is 0 Å². The van der Waals surface area contributed by atoms with Crippen molar-refractivity contribution < 1.29 is 14.3 Å². The number of carbonyl (C=O) groups is 1. The number of hydrogen-bond acceptors (Lipinski definition) is 2. The number of carboxylic acid groups (broad SMARTS) is 1. The number of furan rings is 1. The Labute approximate surface area is 103 Å². The van der Waals surface area contributed by atoms with E-state index >= 15 is 0 Å². The zero-order valence-electron chi connectivity index (χ0n) is 9.73. The number of benzene rings is 1. The van der Waals surface area contributed by atoms with E-state index in [0.717, 1.165) is 16.5 Å². The second kappa shape index (κ2) is 3.77. The van der Waals surface area contributed by atoms with E-state index in [9.17, 15) is 4.79 Å². The molecule has 0 aliphatic heterocycles. The molecule has 0 spiro atoms. The predicted molar refractivity (Wildman–Crippen MR) is 67.7 cm³/mol. The highest BCUT2D eigenvalue weighted by molar-refractivity contribution is 5.87. The van der Waals surface area contributed by atoms with Crippen LogP contribution in [0, 0.1) is 6.92 Å². The van der Waals surface area contributed by atoms with Gasteiger partial charge in [-0.1, -0.05) is 11.6 Å². The Balaban J connectivity index is 2.10. The van der Waals surface area contributed by atoms with Gasteiger partial charge in [0.05, 0.1) is 5.69 Å². The molecule has 0 saturated carbocycles. The summed E-state index contributed by atoms with van der Waals surface area (Å²) >= 11 is 0. The summed E-state index contributed by atoms with van der Waals surface area (Å²) in [6, 6.07) is 11.1. The Morgan fingerprint density at radius 1 is 1.22 bits per heavy atom. The molecule has 2 N–H and O–H groups in total. The minimum Gasteiger partial charge on any atom is -0.477 e. The third-order valence-corrected chi connectivity index (χ3v) is 2.85. The summed E-state index contributed by atoms with van der Waals surface area (Å²) in [4.78, 5) is 13.6. The number of nitrogens with one attached hydrogen (secondary N) is 1. The average Bonchev–Trinajstić information content (AvgIpc) is 2.93. The molecule has 4 nitrogen and oxygen atoms in total. The number of aromatic nitrogens is 1. The van der Waals surface area contributed by atoms with Crippen molar-refractivity contribution in [3.05, 3.63) is 47.7 Å². The largest absolute Gasteiger partial charge is 0.477 e. The van der Waals surface area contributed by atoms with Crippen LogP contribution in [0.4, 0.5) is 0 Å². The molecule has 1 aromatic carbocycles. The molecule has 0 saturated heterocycles. The third-order valence-electron chi connectivity index (χ3n) is 2.85. The van der Waals surface area contributed by atoms with Gasteiger partial charge >= 0.3 is 5.97 Å². The van der Waals surface area contributed by atoms with E-state index in [1.165, 1.54) is 6.07 Å². The summed E-state index contributed by atoms with van der Waals surface area (Å²) < 4.78 is 5.68. The summed E-state index contributed by atoms with van der Waals surface area (Å²) in [5.74, 6) is -0.337. The van der Waals surface area contributed by atoms with Crippen LogP contribution in [0.1, 0.15) is 16.1 Å². The molecule has 0 aliphatic rings. The monoisotopic (exact) mass is 241 g/mol. The van der Waals surface area contributed by atoms with Gasteiger partial charge in [0.25, 0.3) is 0 Å². The molecule has 0 bridgehead atoms. The van der Waals surface area contributed by atoms with Gasteiger partial charge in [0.15, 0.2) is 5.76 Å². The number of aromatic amines is 1. The first-order chi connectivity index (χ1) is 8.63. The minimum absolute atomic E-state index is 0.154. The molecule has 3 aromatic rings. The van der Waals surface area contributed by atoms with Gasteiger partial charge in [0, 0.05) is 5.39 Å². The van der Waals surface area contributed by atoms with E-state index in [0.29, 0.717) is 11.5 Å². The molecule has 0 atom stereocenters. The lowest BCUT2D eigenvalue weighted by Crippen LogP contribution is -1.95. The molecule has 0 aliphatic carbocycles. The number of carboxylic acids is 1. The molecule has 2 heterocycles. The lowest BCUT2D eigenvalue weighted by molar-refractivity contribution is 0.0691. The molecule has 0 amide bonds. The Morgan fingerprint density at radius 3 is 2.78 bits per heavy atom. The van der Waals surface area contributed by atoms with Crippen molar-refractivity contribution in [3.63, 3.8) is 0 Å². The number of hydrogen-bond donors (Lipinski definition) is 2. The summed E-state index contributed by atoms with van der Waals surface area (Å²) in [5, 5.41) is 9.87. The predicted octanol–water partition coefficient (Wildman–Crippen LogP) is 3.43. The Bertz CT molecular complexity index is 736. The van der Waals surface area contributed by atoms with E-state index < -0.39 is 5.97 Å². The average molecular weight is 241 g/mol. The summed E-state index contributed by atoms with van der Waals surface area (Å²) in [6.45, 7) is 2.02. The van der Waals surface area contributed by atoms with Gasteiger partial charge in [-0.3, -0.25) is 0 Å². The smallest absolute Gasteiger partial charge is 0.352 e. The summed E-state index contributed by atoms with van der Waals surface area (Å²) in [7, 11) is 0. The molecule has 4 heteroatoms. The van der Waals surface area contributed by atoms with Crippen molar-refractivity contribution in [2.75, 3.05) is 0 Å². The molecular weight excluding hydrogens is 230 g/mol. The number of H-pyrrole nitrogens is 1. The van der Waals surface area contributed by atoms with Crippen LogP contribution in [0.15, 0.2) is 40.8 Å². The van der Waals surface area contributed by atoms with Gasteiger partial charge < -0.3 is 14.5 Å². The zero-order valence-corrected chi connectivity index (χ0v) is 9.73. The van der Waals surface area contributed by atoms with E-state index in [-0.39, 0.29) is 5.69 Å². The minimum atomic E-state index is -0.979. The Kier molecular flexibility index (Phi) is 2.23. The van der Waals surface area contributed by atoms with Crippen molar-refractivity contribution in [1.82, 2.24) is 4.98 Å². The van der Waals surface area contributed by atoms with Crippen LogP contribution in [-0.4, -0.2) is 16.1 Å². The van der Waals surface area contributed by atoms with E-state index in [4.69, 9.17) is 9.52 Å². The summed E-state index contributed by atoms with van der Waals surface area (Å²) in [6.07, 6.45) is 0. The number of fused-ring (bicyclic) bond motifs is 1. The molecular formula is C14H11NO3. The first-order valence-electron chi connectivity index (χ1n) is 5.56. The normalized spacial score (nSPS) is 10.9. The highest BCUT2D eigenvalue weighted by Gasteiger charge is 2.11. The lowest BCUT2D eigenvalue weighted by Gasteiger charge is -1.91. The molecule has 90 valence electrons. The molecule has 2 aromatic heterocycles. The Hall–Kier alpha value is -2.49. The first kappa shape index (κ1) is 10.7. The van der Waals surface area contributed by atoms with Crippen LogP contribution in [0.25, 0.3) is 22.4 Å². The maximum absolute atomic E-state index is 10.8. The van der Waals surface area contributed by atoms with Crippen molar-refractivity contribution >= 4 is 16.9 Å². The number of rotatable bonds is 2. The van der Waals surface area contributed by atoms with Crippen LogP contribution >= 0.6 is 0 Å². The van der Waals surface area contributed by atoms with Crippen molar-refractivity contribution in [2.45, 2.75) is 6.92 Å². The molecule has 18 heavy (non-hydrogen) atoms. The number of aromatic carboxylic acids is 1. The fraction of sp³-hybridized carbons (Fsp3) is 0.0714. The standard InChI is InChI=1S/C14H11NO3/c1-8-2-5-12-9(6-8)7-13(18-12)10-3-4-11(15-10)14(16)17/h2-7,15H,1H3,(H,16,17). The van der Waals surface area contributed by atoms with Gasteiger partial charge in [-0.05, 0) is 37.3 Å². The number of aryl methyl sites for hydroxylation is 1. The topological polar surface area (TPSA) is 66.2 Å². The van der Waals surface area contributed by atoms with Gasteiger partial charge in [-0.25, -0.2) is 4.79 Å². The van der Waals surface area contributed by atoms with Gasteiger partial charge in [0.2, 0.25) is 0 Å². The maximum atomic E-state index is 10.8. The second-order valence-corrected chi connectivity index (χ2v) is 4.24. The zero-order chi connectivity index (χ0) is 12.7. The molecule has 3 rings (SSSR count). The van der Waals surface area contributed by atoms with Gasteiger partial charge in [-0.2, -0.15) is 0 Å². The quantitative estimate of drug-likeness (QED) is 0.722. The highest BCUT2D eigenvalue weighted by Crippen LogP contribution is 2.27. The lowest BCUT2D eigenvalue weighted by atomic mass is 10.2. The van der Waals surface area contributed by atoms with E-state index in [1.807, 2.05) is 31.2 Å². The van der Waals surface area contributed by atoms with E-state index in [1.54, 1.807) is 6.07 Å². The van der Waals surface area contributed by atoms with Gasteiger partial charge in [-0.15, -0.1) is 0 Å². The molecule has 0 radical (unpaired) electrons. The van der Waals surface area contributed by atoms with Crippen molar-refractivity contribution in [2.24, 2.45) is 0 Å². The van der Waals surface area contributed by atoms with Crippen LogP contribution in [0.5, 0.6) is 0 Å². The van der Waals surface area contributed by atoms with Crippen LogP contribution in [-0.2, 0) is 0 Å². The molecule has 0 unspecified atom stereocenters. The Morgan fingerprint density at radius 2 is 2.06 bits per heavy atom. The SMILES string of the molecule is Cc1ccc2oc(-c3ccc(C(=O)O)[nH]3)cc2c1. The fourth-order valence-corrected chi connectivity index (χ4v) is 1.96. The third kappa shape index (κ3) is 1.68. The van der Waals surface area contributed by atoms with Crippen LogP contribution in [0.3, 0.4) is 0 Å². The molecule has 0 fully saturated rings.